The molecule has 1 amide bonds. The summed E-state index contributed by atoms with van der Waals surface area (Å²) in [6.07, 6.45) is 0.339. The summed E-state index contributed by atoms with van der Waals surface area (Å²) in [7, 11) is 2.84. The minimum atomic E-state index is -0.760. The molecule has 0 heterocycles. The van der Waals surface area contributed by atoms with Crippen molar-refractivity contribution in [2.45, 2.75) is 12.5 Å². The van der Waals surface area contributed by atoms with Crippen molar-refractivity contribution >= 4 is 27.8 Å². The summed E-state index contributed by atoms with van der Waals surface area (Å²) in [6, 6.07) is 14.2. The summed E-state index contributed by atoms with van der Waals surface area (Å²) < 4.78 is 10.6. The smallest absolute Gasteiger partial charge is 0.328 e. The average Bonchev–Trinajstić information content (AvgIpc) is 2.64. The maximum absolute atomic E-state index is 12.8. The third kappa shape index (κ3) is 5.14. The Labute approximate surface area is 155 Å². The molecule has 0 aliphatic carbocycles. The van der Waals surface area contributed by atoms with Crippen LogP contribution >= 0.6 is 15.9 Å². The van der Waals surface area contributed by atoms with Crippen LogP contribution in [0.2, 0.25) is 0 Å². The van der Waals surface area contributed by atoms with E-state index in [-0.39, 0.29) is 5.91 Å². The molecule has 1 N–H and O–H groups in total. The fourth-order valence-electron chi connectivity index (χ4n) is 2.43. The van der Waals surface area contributed by atoms with Crippen LogP contribution in [0.3, 0.4) is 0 Å². The zero-order valence-corrected chi connectivity index (χ0v) is 15.7. The van der Waals surface area contributed by atoms with Gasteiger partial charge in [-0.3, -0.25) is 4.79 Å². The number of hydrogen-bond donors (Lipinski definition) is 1. The van der Waals surface area contributed by atoms with E-state index in [1.54, 1.807) is 19.2 Å². The van der Waals surface area contributed by atoms with E-state index >= 15 is 0 Å². The van der Waals surface area contributed by atoms with Gasteiger partial charge in [0.1, 0.15) is 6.04 Å². The molecule has 25 heavy (non-hydrogen) atoms. The highest BCUT2D eigenvalue weighted by Crippen LogP contribution is 2.27. The number of carbonyl (C=O) groups excluding carboxylic acids is 2. The molecule has 2 aromatic carbocycles. The molecule has 0 bridgehead atoms. The Morgan fingerprint density at radius 2 is 1.84 bits per heavy atom. The number of benzene rings is 2. The highest BCUT2D eigenvalue weighted by molar-refractivity contribution is 9.10. The molecular formula is C19H20BrNO4. The lowest BCUT2D eigenvalue weighted by Crippen LogP contribution is -2.42. The van der Waals surface area contributed by atoms with Gasteiger partial charge in [-0.2, -0.15) is 0 Å². The predicted octanol–water partition coefficient (Wildman–Crippen LogP) is 3.42. The van der Waals surface area contributed by atoms with Crippen molar-refractivity contribution in [3.63, 3.8) is 0 Å². The normalized spacial score (nSPS) is 11.6. The van der Waals surface area contributed by atoms with Gasteiger partial charge in [-0.15, -0.1) is 0 Å². The largest absolute Gasteiger partial charge is 0.467 e. The van der Waals surface area contributed by atoms with E-state index in [0.29, 0.717) is 18.6 Å². The van der Waals surface area contributed by atoms with Gasteiger partial charge in [-0.1, -0.05) is 46.3 Å². The van der Waals surface area contributed by atoms with Gasteiger partial charge in [0, 0.05) is 30.2 Å². The van der Waals surface area contributed by atoms with Gasteiger partial charge in [0.05, 0.1) is 7.11 Å². The van der Waals surface area contributed by atoms with Crippen LogP contribution in [-0.4, -0.2) is 38.7 Å². The number of halogens is 1. The summed E-state index contributed by atoms with van der Waals surface area (Å²) >= 11 is 3.44. The lowest BCUT2D eigenvalue weighted by Gasteiger charge is -2.17. The monoisotopic (exact) mass is 405 g/mol. The maximum atomic E-state index is 12.8. The highest BCUT2D eigenvalue weighted by Gasteiger charge is 2.23. The molecular weight excluding hydrogens is 386 g/mol. The first-order chi connectivity index (χ1) is 12.1. The number of methoxy groups -OCH3 is 2. The molecule has 1 unspecified atom stereocenters. The Bertz CT molecular complexity index is 733. The standard InChI is InChI=1S/C19H20BrNO4/c1-24-11-10-17(19(23)25-2)21-18(22)15-9-8-14(20)12-16(15)13-6-4-3-5-7-13/h3-9,12,17H,10-11H2,1-2H3,(H,21,22). The number of rotatable bonds is 7. The Kier molecular flexibility index (Phi) is 7.16. The van der Waals surface area contributed by atoms with Gasteiger partial charge in [0.2, 0.25) is 0 Å². The third-order valence-corrected chi connectivity index (χ3v) is 4.21. The first-order valence-corrected chi connectivity index (χ1v) is 8.58. The van der Waals surface area contributed by atoms with Gasteiger partial charge in [-0.25, -0.2) is 4.79 Å². The quantitative estimate of drug-likeness (QED) is 0.716. The number of esters is 1. The third-order valence-electron chi connectivity index (χ3n) is 3.71. The Balaban J connectivity index is 2.30. The minimum absolute atomic E-state index is 0.335. The molecule has 1 atom stereocenters. The molecule has 2 aromatic rings. The zero-order valence-electron chi connectivity index (χ0n) is 14.1. The number of amides is 1. The summed E-state index contributed by atoms with van der Waals surface area (Å²) in [5.74, 6) is -0.832. The fourth-order valence-corrected chi connectivity index (χ4v) is 2.80. The first kappa shape index (κ1) is 19.1. The van der Waals surface area contributed by atoms with Gasteiger partial charge in [-0.05, 0) is 29.3 Å². The first-order valence-electron chi connectivity index (χ1n) is 7.79. The Morgan fingerprint density at radius 1 is 1.12 bits per heavy atom. The molecule has 2 rings (SSSR count). The summed E-state index contributed by atoms with van der Waals surface area (Å²) in [5, 5.41) is 2.74. The van der Waals surface area contributed by atoms with Crippen LogP contribution in [0.25, 0.3) is 11.1 Å². The summed E-state index contributed by atoms with van der Waals surface area (Å²) in [4.78, 5) is 24.7. The van der Waals surface area contributed by atoms with E-state index in [1.165, 1.54) is 7.11 Å². The summed E-state index contributed by atoms with van der Waals surface area (Å²) in [5.41, 5.74) is 2.18. The second kappa shape index (κ2) is 9.34. The van der Waals surface area contributed by atoms with E-state index in [2.05, 4.69) is 21.2 Å². The van der Waals surface area contributed by atoms with Gasteiger partial charge in [0.25, 0.3) is 5.91 Å². The molecule has 0 aliphatic rings. The number of nitrogens with one attached hydrogen (secondary N) is 1. The molecule has 0 saturated carbocycles. The fraction of sp³-hybridized carbons (Fsp3) is 0.263. The van der Waals surface area contributed by atoms with Crippen LogP contribution in [0.5, 0.6) is 0 Å². The molecule has 0 fully saturated rings. The van der Waals surface area contributed by atoms with Crippen LogP contribution < -0.4 is 5.32 Å². The van der Waals surface area contributed by atoms with Crippen LogP contribution in [0, 0.1) is 0 Å². The summed E-state index contributed by atoms with van der Waals surface area (Å²) in [6.45, 7) is 0.339. The Hall–Kier alpha value is -2.18. The van der Waals surface area contributed by atoms with E-state index in [0.717, 1.165) is 15.6 Å². The predicted molar refractivity (Wildman–Crippen MR) is 99.3 cm³/mol. The second-order valence-electron chi connectivity index (χ2n) is 5.39. The molecule has 0 spiro atoms. The maximum Gasteiger partial charge on any atom is 0.328 e. The van der Waals surface area contributed by atoms with E-state index in [1.807, 2.05) is 36.4 Å². The van der Waals surface area contributed by atoms with Crippen LogP contribution in [0.15, 0.2) is 53.0 Å². The topological polar surface area (TPSA) is 64.6 Å². The molecule has 0 aliphatic heterocycles. The van der Waals surface area contributed by atoms with E-state index in [9.17, 15) is 9.59 Å². The van der Waals surface area contributed by atoms with Crippen LogP contribution in [-0.2, 0) is 14.3 Å². The van der Waals surface area contributed by atoms with E-state index in [4.69, 9.17) is 9.47 Å². The molecule has 0 radical (unpaired) electrons. The Morgan fingerprint density at radius 3 is 2.48 bits per heavy atom. The second-order valence-corrected chi connectivity index (χ2v) is 6.30. The van der Waals surface area contributed by atoms with E-state index < -0.39 is 12.0 Å². The SMILES string of the molecule is COCCC(NC(=O)c1ccc(Br)cc1-c1ccccc1)C(=O)OC. The molecule has 0 aromatic heterocycles. The van der Waals surface area contributed by atoms with Crippen LogP contribution in [0.4, 0.5) is 0 Å². The highest BCUT2D eigenvalue weighted by atomic mass is 79.9. The molecule has 5 nitrogen and oxygen atoms in total. The molecule has 0 saturated heterocycles. The van der Waals surface area contributed by atoms with Crippen molar-refractivity contribution in [3.8, 4) is 11.1 Å². The molecule has 6 heteroatoms. The van der Waals surface area contributed by atoms with Crippen LogP contribution in [0.1, 0.15) is 16.8 Å². The number of hydrogen-bond acceptors (Lipinski definition) is 4. The van der Waals surface area contributed by atoms with Crippen molar-refractivity contribution in [2.24, 2.45) is 0 Å². The zero-order chi connectivity index (χ0) is 18.2. The average molecular weight is 406 g/mol. The lowest BCUT2D eigenvalue weighted by atomic mass is 9.99. The lowest BCUT2D eigenvalue weighted by molar-refractivity contribution is -0.143. The number of ether oxygens (including phenoxy) is 2. The van der Waals surface area contributed by atoms with Crippen molar-refractivity contribution in [2.75, 3.05) is 20.8 Å². The number of carbonyl (C=O) groups is 2. The van der Waals surface area contributed by atoms with Crippen molar-refractivity contribution < 1.29 is 19.1 Å². The van der Waals surface area contributed by atoms with Crippen molar-refractivity contribution in [1.82, 2.24) is 5.32 Å². The van der Waals surface area contributed by atoms with Gasteiger partial charge >= 0.3 is 5.97 Å². The van der Waals surface area contributed by atoms with Crippen molar-refractivity contribution in [1.29, 1.82) is 0 Å². The minimum Gasteiger partial charge on any atom is -0.467 e. The molecule has 132 valence electrons. The van der Waals surface area contributed by atoms with Gasteiger partial charge < -0.3 is 14.8 Å². The van der Waals surface area contributed by atoms with Crippen molar-refractivity contribution in [3.05, 3.63) is 58.6 Å². The van der Waals surface area contributed by atoms with Gasteiger partial charge in [0.15, 0.2) is 0 Å².